The molecule has 0 bridgehead atoms. The van der Waals surface area contributed by atoms with Crippen molar-refractivity contribution in [1.82, 2.24) is 5.32 Å². The Balaban J connectivity index is 2.14. The van der Waals surface area contributed by atoms with Crippen LogP contribution in [0.4, 0.5) is 4.79 Å². The van der Waals surface area contributed by atoms with E-state index in [9.17, 15) is 9.59 Å². The van der Waals surface area contributed by atoms with Crippen LogP contribution >= 0.6 is 0 Å². The molecular weight excluding hydrogens is 264 g/mol. The molecule has 20 heavy (non-hydrogen) atoms. The van der Waals surface area contributed by atoms with Gasteiger partial charge in [-0.2, -0.15) is 0 Å². The van der Waals surface area contributed by atoms with Crippen molar-refractivity contribution in [3.63, 3.8) is 0 Å². The molecule has 0 unspecified atom stereocenters. The van der Waals surface area contributed by atoms with E-state index in [2.05, 4.69) is 10.1 Å². The van der Waals surface area contributed by atoms with Gasteiger partial charge in [0.25, 0.3) is 0 Å². The first-order valence-electron chi connectivity index (χ1n) is 6.66. The molecule has 1 aliphatic carbocycles. The number of carbonyl (C=O) groups excluding carboxylic acids is 2. The third-order valence-electron chi connectivity index (χ3n) is 2.83. The van der Waals surface area contributed by atoms with E-state index >= 15 is 0 Å². The monoisotopic (exact) mass is 288 g/mol. The molecule has 3 N–H and O–H groups in total. The molecule has 0 aromatic carbocycles. The van der Waals surface area contributed by atoms with Gasteiger partial charge in [-0.05, 0) is 33.6 Å². The van der Waals surface area contributed by atoms with E-state index in [0.717, 1.165) is 0 Å². The minimum atomic E-state index is -0.766. The van der Waals surface area contributed by atoms with Gasteiger partial charge in [-0.25, -0.2) is 4.79 Å². The Bertz CT molecular complexity index is 347. The topological polar surface area (TPSA) is 99.9 Å². The summed E-state index contributed by atoms with van der Waals surface area (Å²) < 4.78 is 15.1. The highest BCUT2D eigenvalue weighted by atomic mass is 16.6. The van der Waals surface area contributed by atoms with Gasteiger partial charge in [0.2, 0.25) is 0 Å². The van der Waals surface area contributed by atoms with Crippen molar-refractivity contribution >= 4 is 12.1 Å². The molecule has 0 spiro atoms. The quantitative estimate of drug-likeness (QED) is 0.717. The lowest BCUT2D eigenvalue weighted by atomic mass is 9.89. The average molecular weight is 288 g/mol. The number of hydrogen-bond donors (Lipinski definition) is 2. The van der Waals surface area contributed by atoms with Crippen LogP contribution in [0.3, 0.4) is 0 Å². The fraction of sp³-hybridized carbons (Fsp3) is 0.846. The van der Waals surface area contributed by atoms with E-state index in [1.807, 2.05) is 20.8 Å². The molecule has 1 aliphatic rings. The Labute approximate surface area is 119 Å². The Hall–Kier alpha value is -1.34. The van der Waals surface area contributed by atoms with Gasteiger partial charge in [0, 0.05) is 6.04 Å². The normalized spacial score (nSPS) is 23.4. The SMILES string of the molecule is COC(=O)[C@@H](N)COC1CC(NC(=O)OC(C)(C)C)C1. The van der Waals surface area contributed by atoms with Crippen LogP contribution in [0.2, 0.25) is 0 Å². The minimum Gasteiger partial charge on any atom is -0.468 e. The summed E-state index contributed by atoms with van der Waals surface area (Å²) in [5, 5.41) is 2.76. The van der Waals surface area contributed by atoms with Crippen molar-refractivity contribution < 1.29 is 23.8 Å². The summed E-state index contributed by atoms with van der Waals surface area (Å²) in [7, 11) is 1.28. The zero-order valence-electron chi connectivity index (χ0n) is 12.5. The fourth-order valence-electron chi connectivity index (χ4n) is 1.75. The van der Waals surface area contributed by atoms with Crippen LogP contribution in [0.25, 0.3) is 0 Å². The molecule has 7 heteroatoms. The first-order valence-corrected chi connectivity index (χ1v) is 6.66. The lowest BCUT2D eigenvalue weighted by Crippen LogP contribution is -2.50. The minimum absolute atomic E-state index is 0.00522. The zero-order valence-corrected chi connectivity index (χ0v) is 12.5. The lowest BCUT2D eigenvalue weighted by Gasteiger charge is -2.36. The number of alkyl carbamates (subject to hydrolysis) is 1. The summed E-state index contributed by atoms with van der Waals surface area (Å²) in [6, 6.07) is -0.720. The molecule has 7 nitrogen and oxygen atoms in total. The molecule has 0 heterocycles. The van der Waals surface area contributed by atoms with Crippen molar-refractivity contribution in [1.29, 1.82) is 0 Å². The summed E-state index contributed by atoms with van der Waals surface area (Å²) in [6.45, 7) is 5.56. The largest absolute Gasteiger partial charge is 0.468 e. The van der Waals surface area contributed by atoms with E-state index in [1.165, 1.54) is 7.11 Å². The summed E-state index contributed by atoms with van der Waals surface area (Å²) in [6.07, 6.45) is 0.957. The number of nitrogens with two attached hydrogens (primary N) is 1. The number of esters is 1. The number of ether oxygens (including phenoxy) is 3. The molecule has 1 rings (SSSR count). The van der Waals surface area contributed by atoms with E-state index in [4.69, 9.17) is 15.2 Å². The molecule has 1 saturated carbocycles. The number of amides is 1. The van der Waals surface area contributed by atoms with Crippen LogP contribution < -0.4 is 11.1 Å². The van der Waals surface area contributed by atoms with Crippen LogP contribution in [0.5, 0.6) is 0 Å². The van der Waals surface area contributed by atoms with Crippen LogP contribution in [-0.4, -0.2) is 49.6 Å². The first kappa shape index (κ1) is 16.7. The van der Waals surface area contributed by atoms with Crippen molar-refractivity contribution in [3.8, 4) is 0 Å². The average Bonchev–Trinajstić information content (AvgIpc) is 2.27. The van der Waals surface area contributed by atoms with Gasteiger partial charge in [-0.3, -0.25) is 4.79 Å². The number of hydrogen-bond acceptors (Lipinski definition) is 6. The molecule has 0 aromatic rings. The standard InChI is InChI=1S/C13H24N2O5/c1-13(2,3)20-12(17)15-8-5-9(6-8)19-7-10(14)11(16)18-4/h8-10H,5-7,14H2,1-4H3,(H,15,17)/t8?,9?,10-/m0/s1. The summed E-state index contributed by atoms with van der Waals surface area (Å²) >= 11 is 0. The predicted octanol–water partition coefficient (Wildman–Crippen LogP) is 0.559. The van der Waals surface area contributed by atoms with Gasteiger partial charge < -0.3 is 25.3 Å². The maximum Gasteiger partial charge on any atom is 0.407 e. The van der Waals surface area contributed by atoms with Crippen molar-refractivity contribution in [2.75, 3.05) is 13.7 Å². The number of methoxy groups -OCH3 is 1. The van der Waals surface area contributed by atoms with Gasteiger partial charge >= 0.3 is 12.1 Å². The summed E-state index contributed by atoms with van der Waals surface area (Å²) in [5.74, 6) is -0.493. The van der Waals surface area contributed by atoms with Gasteiger partial charge in [0.05, 0.1) is 19.8 Å². The van der Waals surface area contributed by atoms with Crippen LogP contribution in [0.15, 0.2) is 0 Å². The maximum absolute atomic E-state index is 11.5. The predicted molar refractivity (Wildman–Crippen MR) is 72.1 cm³/mol. The molecule has 0 aromatic heterocycles. The third kappa shape index (κ3) is 5.75. The highest BCUT2D eigenvalue weighted by molar-refractivity contribution is 5.75. The van der Waals surface area contributed by atoms with E-state index in [0.29, 0.717) is 12.8 Å². The fourth-order valence-corrected chi connectivity index (χ4v) is 1.75. The highest BCUT2D eigenvalue weighted by Crippen LogP contribution is 2.23. The third-order valence-corrected chi connectivity index (χ3v) is 2.83. The second-order valence-corrected chi connectivity index (χ2v) is 5.90. The molecule has 0 saturated heterocycles. The van der Waals surface area contributed by atoms with Crippen LogP contribution in [-0.2, 0) is 19.0 Å². The lowest BCUT2D eigenvalue weighted by molar-refractivity contribution is -0.144. The van der Waals surface area contributed by atoms with E-state index in [-0.39, 0.29) is 18.8 Å². The molecule has 116 valence electrons. The molecule has 1 amide bonds. The Morgan fingerprint density at radius 1 is 1.35 bits per heavy atom. The molecule has 1 atom stereocenters. The van der Waals surface area contributed by atoms with E-state index in [1.54, 1.807) is 0 Å². The van der Waals surface area contributed by atoms with Gasteiger partial charge in [-0.15, -0.1) is 0 Å². The van der Waals surface area contributed by atoms with Crippen molar-refractivity contribution in [2.45, 2.75) is 57.4 Å². The van der Waals surface area contributed by atoms with Crippen molar-refractivity contribution in [2.24, 2.45) is 5.73 Å². The Morgan fingerprint density at radius 3 is 2.45 bits per heavy atom. The number of nitrogens with one attached hydrogen (secondary N) is 1. The Morgan fingerprint density at radius 2 is 1.95 bits per heavy atom. The highest BCUT2D eigenvalue weighted by Gasteiger charge is 2.33. The Kier molecular flexibility index (Phi) is 5.76. The number of carbonyl (C=O) groups is 2. The van der Waals surface area contributed by atoms with Crippen molar-refractivity contribution in [3.05, 3.63) is 0 Å². The van der Waals surface area contributed by atoms with Crippen LogP contribution in [0, 0.1) is 0 Å². The first-order chi connectivity index (χ1) is 9.21. The molecule has 0 radical (unpaired) electrons. The van der Waals surface area contributed by atoms with Crippen LogP contribution in [0.1, 0.15) is 33.6 Å². The van der Waals surface area contributed by atoms with E-state index < -0.39 is 23.7 Å². The number of rotatable bonds is 5. The summed E-state index contributed by atoms with van der Waals surface area (Å²) in [4.78, 5) is 22.6. The van der Waals surface area contributed by atoms with Gasteiger partial charge in [0.1, 0.15) is 11.6 Å². The smallest absolute Gasteiger partial charge is 0.407 e. The second kappa shape index (κ2) is 6.90. The van der Waals surface area contributed by atoms with Gasteiger partial charge in [0.15, 0.2) is 0 Å². The summed E-state index contributed by atoms with van der Waals surface area (Å²) in [5.41, 5.74) is 5.05. The second-order valence-electron chi connectivity index (χ2n) is 5.90. The molecule has 1 fully saturated rings. The van der Waals surface area contributed by atoms with Gasteiger partial charge in [-0.1, -0.05) is 0 Å². The molecular formula is C13H24N2O5. The maximum atomic E-state index is 11.5. The molecule has 0 aliphatic heterocycles. The zero-order chi connectivity index (χ0) is 15.3.